The molecule has 88 valence electrons. The quantitative estimate of drug-likeness (QED) is 0.471. The van der Waals surface area contributed by atoms with Crippen molar-refractivity contribution in [1.29, 1.82) is 31.6 Å². The third-order valence-electron chi connectivity index (χ3n) is 0.945. The molecule has 0 aromatic carbocycles. The molecule has 0 aliphatic carbocycles. The molecule has 0 atom stereocenters. The molecule has 0 spiro atoms. The van der Waals surface area contributed by atoms with E-state index in [1.54, 1.807) is 0 Å². The van der Waals surface area contributed by atoms with E-state index in [0.29, 0.717) is 0 Å². The first-order chi connectivity index (χ1) is 8.49. The van der Waals surface area contributed by atoms with Gasteiger partial charge in [-0.15, -0.1) is 0 Å². The molecule has 0 bridgehead atoms. The number of nitriles is 6. The van der Waals surface area contributed by atoms with Crippen molar-refractivity contribution >= 4 is 39.2 Å². The van der Waals surface area contributed by atoms with E-state index in [0.717, 1.165) is 0 Å². The maximum atomic E-state index is 8.20. The van der Waals surface area contributed by atoms with Crippen molar-refractivity contribution in [1.82, 2.24) is 0 Å². The minimum atomic E-state index is -1.81. The average Bonchev–Trinajstić information content (AvgIpc) is 2.46. The molecular weight excluding hydrogens is 258 g/mol. The molecule has 0 aromatic rings. The molecule has 0 saturated carbocycles. The van der Waals surface area contributed by atoms with Gasteiger partial charge in [-0.1, -0.05) is 0 Å². The van der Waals surface area contributed by atoms with Crippen LogP contribution in [0.2, 0.25) is 0 Å². The second-order valence-electron chi connectivity index (χ2n) is 2.03. The summed E-state index contributed by atoms with van der Waals surface area (Å²) >= 11 is 0. The van der Waals surface area contributed by atoms with Crippen molar-refractivity contribution in [2.75, 3.05) is 0 Å². The normalized spacial score (nSPS) is 8.21. The predicted molar refractivity (Wildman–Crippen MR) is 66.9 cm³/mol. The van der Waals surface area contributed by atoms with E-state index >= 15 is 0 Å². The van der Waals surface area contributed by atoms with E-state index in [2.05, 4.69) is 9.31 Å². The second-order valence-corrected chi connectivity index (χ2v) is 2.03. The number of hydrogen-bond donors (Lipinski definition) is 0. The zero-order valence-electron chi connectivity index (χ0n) is 8.21. The van der Waals surface area contributed by atoms with Gasteiger partial charge in [0.2, 0.25) is 0 Å². The zero-order valence-corrected chi connectivity index (χ0v) is 9.62. The fraction of sp³-hybridized carbons (Fsp3) is 0.250. The predicted octanol–water partition coefficient (Wildman–Crippen LogP) is -3.19. The van der Waals surface area contributed by atoms with E-state index in [1.807, 2.05) is 0 Å². The fourth-order valence-electron chi connectivity index (χ4n) is 0.150. The summed E-state index contributed by atoms with van der Waals surface area (Å²) in [5, 5.41) is 49.2. The van der Waals surface area contributed by atoms with Crippen LogP contribution in [0.1, 0.15) is 0 Å². The van der Waals surface area contributed by atoms with Crippen LogP contribution in [-0.2, 0) is 9.31 Å². The third kappa shape index (κ3) is 6.30. The first-order valence-electron chi connectivity index (χ1n) is 3.25. The van der Waals surface area contributed by atoms with Gasteiger partial charge in [-0.05, 0) is 0 Å². The van der Waals surface area contributed by atoms with Crippen LogP contribution < -0.4 is 0 Å². The summed E-state index contributed by atoms with van der Waals surface area (Å²) in [6.45, 7) is 0. The average molecular weight is 264 g/mol. The first-order valence-corrected chi connectivity index (χ1v) is 3.25. The maximum absolute atomic E-state index is 8.20. The Bertz CT molecular complexity index is 418. The van der Waals surface area contributed by atoms with Gasteiger partial charge >= 0.3 is 23.1 Å². The summed E-state index contributed by atoms with van der Waals surface area (Å²) in [5.41, 5.74) is -3.61. The Morgan fingerprint density at radius 1 is 0.579 bits per heavy atom. The summed E-state index contributed by atoms with van der Waals surface area (Å²) in [4.78, 5) is 0. The van der Waals surface area contributed by atoms with Crippen LogP contribution in [0.4, 0.5) is 0 Å². The van der Waals surface area contributed by atoms with Crippen LogP contribution in [0.5, 0.6) is 0 Å². The van der Waals surface area contributed by atoms with E-state index < -0.39 is 27.3 Å². The van der Waals surface area contributed by atoms with Gasteiger partial charge in [0.1, 0.15) is 36.4 Å². The molecule has 0 fully saturated rings. The summed E-state index contributed by atoms with van der Waals surface area (Å²) < 4.78 is 9.10. The summed E-state index contributed by atoms with van der Waals surface area (Å²) in [7, 11) is -1.07. The molecular formula is C8H6B2MgN6O2. The Morgan fingerprint density at radius 2 is 0.737 bits per heavy atom. The Kier molecular flexibility index (Phi) is 12.6. The molecule has 0 rings (SSSR count). The molecule has 0 saturated heterocycles. The van der Waals surface area contributed by atoms with E-state index in [4.69, 9.17) is 31.6 Å². The maximum Gasteiger partial charge on any atom is 2.00 e. The van der Waals surface area contributed by atoms with Crippen molar-refractivity contribution in [2.45, 2.75) is 11.2 Å². The molecule has 8 nitrogen and oxygen atoms in total. The van der Waals surface area contributed by atoms with Gasteiger partial charge in [0.05, 0.1) is 16.1 Å². The van der Waals surface area contributed by atoms with Gasteiger partial charge < -0.3 is 9.31 Å². The van der Waals surface area contributed by atoms with E-state index in [9.17, 15) is 0 Å². The van der Waals surface area contributed by atoms with E-state index in [-0.39, 0.29) is 23.1 Å². The number of rotatable bonds is 2. The van der Waals surface area contributed by atoms with Crippen LogP contribution in [0.15, 0.2) is 0 Å². The minimum absolute atomic E-state index is 0. The smallest absolute Gasteiger partial charge is 0.563 e. The first kappa shape index (κ1) is 22.0. The molecule has 0 heterocycles. The van der Waals surface area contributed by atoms with Crippen LogP contribution in [0, 0.1) is 68.0 Å². The summed E-state index contributed by atoms with van der Waals surface area (Å²) in [6.07, 6.45) is 0. The van der Waals surface area contributed by atoms with Crippen molar-refractivity contribution < 1.29 is 9.31 Å². The topological polar surface area (TPSA) is 161 Å². The Hall–Kier alpha value is -2.24. The largest absolute Gasteiger partial charge is 2.00 e. The molecule has 0 N–H and O–H groups in total. The zero-order chi connectivity index (χ0) is 14.7. The molecule has 11 heteroatoms. The fourth-order valence-corrected chi connectivity index (χ4v) is 0.150. The van der Waals surface area contributed by atoms with Crippen molar-refractivity contribution in [2.24, 2.45) is 0 Å². The standard InChI is InChI=1S/2C4H3BN3O.Mg/c2*5-9-4(1-6,2-7)3-8;/h2*5H3;/q2*-1;+2. The van der Waals surface area contributed by atoms with Crippen molar-refractivity contribution in [3.05, 3.63) is 0 Å². The van der Waals surface area contributed by atoms with Gasteiger partial charge in [-0.3, -0.25) is 0 Å². The SMILES string of the molecule is [BH3-]OC(C#N)(C#N)C#N.[BH3-]OC(C#N)(C#N)C#N.[Mg+2]. The Morgan fingerprint density at radius 3 is 0.737 bits per heavy atom. The van der Waals surface area contributed by atoms with Gasteiger partial charge in [0, 0.05) is 0 Å². The van der Waals surface area contributed by atoms with Gasteiger partial charge in [0.15, 0.2) is 0 Å². The molecule has 0 aliphatic rings. The van der Waals surface area contributed by atoms with E-state index in [1.165, 1.54) is 36.4 Å². The molecule has 0 radical (unpaired) electrons. The number of nitrogens with zero attached hydrogens (tertiary/aromatic N) is 6. The van der Waals surface area contributed by atoms with Crippen molar-refractivity contribution in [3.8, 4) is 36.4 Å². The Labute approximate surface area is 128 Å². The van der Waals surface area contributed by atoms with Gasteiger partial charge in [0.25, 0.3) is 11.2 Å². The summed E-state index contributed by atoms with van der Waals surface area (Å²) in [6, 6.07) is 8.90. The van der Waals surface area contributed by atoms with Crippen LogP contribution in [0.25, 0.3) is 0 Å². The molecule has 0 amide bonds. The monoisotopic (exact) mass is 264 g/mol. The van der Waals surface area contributed by atoms with Gasteiger partial charge in [-0.25, -0.2) is 0 Å². The minimum Gasteiger partial charge on any atom is -0.563 e. The van der Waals surface area contributed by atoms with Crippen molar-refractivity contribution in [3.63, 3.8) is 0 Å². The van der Waals surface area contributed by atoms with Gasteiger partial charge in [-0.2, -0.15) is 31.6 Å². The number of hydrogen-bond acceptors (Lipinski definition) is 8. The molecule has 19 heavy (non-hydrogen) atoms. The summed E-state index contributed by atoms with van der Waals surface area (Å²) in [5.74, 6) is 0. The third-order valence-corrected chi connectivity index (χ3v) is 0.945. The van der Waals surface area contributed by atoms with Crippen LogP contribution in [0.3, 0.4) is 0 Å². The second kappa shape index (κ2) is 10.9. The molecule has 0 aromatic heterocycles. The van der Waals surface area contributed by atoms with Crippen LogP contribution >= 0.6 is 0 Å². The Balaban J connectivity index is -0.000000256. The molecule has 0 aliphatic heterocycles. The van der Waals surface area contributed by atoms with Crippen LogP contribution in [-0.4, -0.2) is 50.4 Å². The molecule has 0 unspecified atom stereocenters.